The van der Waals surface area contributed by atoms with E-state index < -0.39 is 27.0 Å². The fourth-order valence-corrected chi connectivity index (χ4v) is 3.33. The minimum absolute atomic E-state index is 0.0342. The molecule has 1 atom stereocenters. The van der Waals surface area contributed by atoms with Crippen LogP contribution in [0.2, 0.25) is 0 Å². The highest BCUT2D eigenvalue weighted by Gasteiger charge is 2.25. The number of carboxylic acids is 1. The number of hydrogen-bond acceptors (Lipinski definition) is 5. The maximum Gasteiger partial charge on any atom is 0.322 e. The van der Waals surface area contributed by atoms with Gasteiger partial charge in [0.25, 0.3) is 5.69 Å². The van der Waals surface area contributed by atoms with Crippen molar-refractivity contribution in [1.29, 1.82) is 0 Å². The zero-order valence-corrected chi connectivity index (χ0v) is 14.1. The van der Waals surface area contributed by atoms with Gasteiger partial charge in [-0.2, -0.15) is 4.72 Å². The quantitative estimate of drug-likeness (QED) is 0.570. The number of rotatable bonds is 7. The molecule has 0 fully saturated rings. The van der Waals surface area contributed by atoms with Gasteiger partial charge in [0.1, 0.15) is 6.04 Å². The van der Waals surface area contributed by atoms with Crippen molar-refractivity contribution < 1.29 is 23.2 Å². The summed E-state index contributed by atoms with van der Waals surface area (Å²) in [5.41, 5.74) is 1.21. The molecule has 0 aromatic heterocycles. The van der Waals surface area contributed by atoms with Crippen LogP contribution in [0.5, 0.6) is 0 Å². The van der Waals surface area contributed by atoms with Gasteiger partial charge in [0.15, 0.2) is 0 Å². The van der Waals surface area contributed by atoms with Crippen LogP contribution < -0.4 is 4.72 Å². The summed E-state index contributed by atoms with van der Waals surface area (Å²) < 4.78 is 26.8. The third kappa shape index (κ3) is 4.85. The first kappa shape index (κ1) is 18.6. The third-order valence-electron chi connectivity index (χ3n) is 3.51. The molecule has 0 saturated carbocycles. The molecule has 0 amide bonds. The Balaban J connectivity index is 2.19. The number of sulfonamides is 1. The SMILES string of the molecule is Cc1ccc(S(=O)(=O)NC(Cc2ccc([N+](=O)[O-])cc2)C(=O)O)cc1. The Bertz CT molecular complexity index is 876. The van der Waals surface area contributed by atoms with Crippen LogP contribution in [0.3, 0.4) is 0 Å². The van der Waals surface area contributed by atoms with Gasteiger partial charge >= 0.3 is 5.97 Å². The Morgan fingerprint density at radius 1 is 1.16 bits per heavy atom. The Labute approximate surface area is 144 Å². The van der Waals surface area contributed by atoms with E-state index in [2.05, 4.69) is 4.72 Å². The monoisotopic (exact) mass is 364 g/mol. The van der Waals surface area contributed by atoms with Crippen molar-refractivity contribution in [2.24, 2.45) is 0 Å². The summed E-state index contributed by atoms with van der Waals surface area (Å²) in [5.74, 6) is -1.34. The first-order valence-electron chi connectivity index (χ1n) is 7.24. The van der Waals surface area contributed by atoms with E-state index in [0.717, 1.165) is 5.56 Å². The van der Waals surface area contributed by atoms with Gasteiger partial charge in [-0.05, 0) is 31.0 Å². The van der Waals surface area contributed by atoms with Crippen LogP contribution in [-0.2, 0) is 21.2 Å². The molecule has 0 spiro atoms. The highest BCUT2D eigenvalue weighted by atomic mass is 32.2. The molecule has 8 nitrogen and oxygen atoms in total. The average molecular weight is 364 g/mol. The van der Waals surface area contributed by atoms with Crippen LogP contribution in [0, 0.1) is 17.0 Å². The Morgan fingerprint density at radius 2 is 1.72 bits per heavy atom. The van der Waals surface area contributed by atoms with E-state index in [1.54, 1.807) is 19.1 Å². The van der Waals surface area contributed by atoms with Gasteiger partial charge in [-0.25, -0.2) is 8.42 Å². The van der Waals surface area contributed by atoms with Crippen molar-refractivity contribution in [3.8, 4) is 0 Å². The molecule has 1 unspecified atom stereocenters. The first-order chi connectivity index (χ1) is 11.7. The number of aryl methyl sites for hydroxylation is 1. The number of aliphatic carboxylic acids is 1. The summed E-state index contributed by atoms with van der Waals surface area (Å²) in [6.45, 7) is 1.80. The zero-order valence-electron chi connectivity index (χ0n) is 13.2. The maximum atomic E-state index is 12.3. The van der Waals surface area contributed by atoms with Gasteiger partial charge in [0.2, 0.25) is 10.0 Å². The van der Waals surface area contributed by atoms with Gasteiger partial charge in [0, 0.05) is 12.1 Å². The lowest BCUT2D eigenvalue weighted by Gasteiger charge is -2.15. The number of nitrogens with zero attached hydrogens (tertiary/aromatic N) is 1. The molecule has 0 bridgehead atoms. The molecule has 2 aromatic carbocycles. The van der Waals surface area contributed by atoms with Crippen molar-refractivity contribution >= 4 is 21.7 Å². The lowest BCUT2D eigenvalue weighted by atomic mass is 10.1. The second kappa shape index (κ2) is 7.41. The minimum atomic E-state index is -4.00. The molecule has 2 rings (SSSR count). The minimum Gasteiger partial charge on any atom is -0.480 e. The number of nitrogens with one attached hydrogen (secondary N) is 1. The summed E-state index contributed by atoms with van der Waals surface area (Å²) in [5, 5.41) is 19.9. The third-order valence-corrected chi connectivity index (χ3v) is 5.00. The molecule has 0 aliphatic heterocycles. The second-order valence-corrected chi connectivity index (χ2v) is 7.17. The maximum absolute atomic E-state index is 12.3. The summed E-state index contributed by atoms with van der Waals surface area (Å²) in [7, 11) is -4.00. The van der Waals surface area contributed by atoms with E-state index in [9.17, 15) is 28.4 Å². The molecule has 0 aliphatic carbocycles. The van der Waals surface area contributed by atoms with Crippen LogP contribution in [0.15, 0.2) is 53.4 Å². The number of nitro benzene ring substituents is 1. The predicted octanol–water partition coefficient (Wildman–Crippen LogP) is 1.88. The molecule has 2 aromatic rings. The molecular formula is C16H16N2O6S. The number of non-ortho nitro benzene ring substituents is 1. The van der Waals surface area contributed by atoms with Gasteiger partial charge < -0.3 is 5.11 Å². The Kier molecular flexibility index (Phi) is 5.50. The largest absolute Gasteiger partial charge is 0.480 e. The van der Waals surface area contributed by atoms with Gasteiger partial charge in [0.05, 0.1) is 9.82 Å². The summed E-state index contributed by atoms with van der Waals surface area (Å²) in [4.78, 5) is 21.4. The molecular weight excluding hydrogens is 348 g/mol. The van der Waals surface area contributed by atoms with E-state index in [0.29, 0.717) is 5.56 Å². The van der Waals surface area contributed by atoms with Crippen LogP contribution in [0.1, 0.15) is 11.1 Å². The van der Waals surface area contributed by atoms with Crippen molar-refractivity contribution in [1.82, 2.24) is 4.72 Å². The zero-order chi connectivity index (χ0) is 18.6. The van der Waals surface area contributed by atoms with Crippen LogP contribution in [0.4, 0.5) is 5.69 Å². The van der Waals surface area contributed by atoms with Gasteiger partial charge in [-0.15, -0.1) is 0 Å². The molecule has 0 radical (unpaired) electrons. The Hall–Kier alpha value is -2.78. The number of hydrogen-bond donors (Lipinski definition) is 2. The normalized spacial score (nSPS) is 12.5. The van der Waals surface area contributed by atoms with E-state index >= 15 is 0 Å². The fraction of sp³-hybridized carbons (Fsp3) is 0.188. The van der Waals surface area contributed by atoms with Crippen molar-refractivity contribution in [2.45, 2.75) is 24.3 Å². The van der Waals surface area contributed by atoms with E-state index in [1.807, 2.05) is 0 Å². The van der Waals surface area contributed by atoms with Crippen LogP contribution in [0.25, 0.3) is 0 Å². The first-order valence-corrected chi connectivity index (χ1v) is 8.72. The molecule has 2 N–H and O–H groups in total. The highest BCUT2D eigenvalue weighted by Crippen LogP contribution is 2.15. The lowest BCUT2D eigenvalue weighted by Crippen LogP contribution is -2.42. The van der Waals surface area contributed by atoms with E-state index in [4.69, 9.17) is 0 Å². The van der Waals surface area contributed by atoms with Gasteiger partial charge in [-0.3, -0.25) is 14.9 Å². The molecule has 25 heavy (non-hydrogen) atoms. The Morgan fingerprint density at radius 3 is 2.20 bits per heavy atom. The van der Waals surface area contributed by atoms with Crippen molar-refractivity contribution in [3.05, 3.63) is 69.8 Å². The molecule has 9 heteroatoms. The molecule has 0 aliphatic rings. The highest BCUT2D eigenvalue weighted by molar-refractivity contribution is 7.89. The number of benzene rings is 2. The summed E-state index contributed by atoms with van der Waals surface area (Å²) in [6, 6.07) is 9.88. The topological polar surface area (TPSA) is 127 Å². The van der Waals surface area contributed by atoms with Crippen LogP contribution in [-0.4, -0.2) is 30.5 Å². The van der Waals surface area contributed by atoms with Crippen LogP contribution >= 0.6 is 0 Å². The number of carbonyl (C=O) groups is 1. The molecule has 0 saturated heterocycles. The van der Waals surface area contributed by atoms with E-state index in [1.165, 1.54) is 36.4 Å². The van der Waals surface area contributed by atoms with Gasteiger partial charge in [-0.1, -0.05) is 29.8 Å². The standard InChI is InChI=1S/C16H16N2O6S/c1-11-2-8-14(9-3-11)25(23,24)17-15(16(19)20)10-12-4-6-13(7-5-12)18(21)22/h2-9,15,17H,10H2,1H3,(H,19,20). The number of nitro groups is 1. The summed E-state index contributed by atoms with van der Waals surface area (Å²) >= 11 is 0. The fourth-order valence-electron chi connectivity index (χ4n) is 2.14. The van der Waals surface area contributed by atoms with E-state index in [-0.39, 0.29) is 17.0 Å². The number of carboxylic acid groups (broad SMARTS) is 1. The van der Waals surface area contributed by atoms with Crippen molar-refractivity contribution in [3.63, 3.8) is 0 Å². The average Bonchev–Trinajstić information content (AvgIpc) is 2.55. The van der Waals surface area contributed by atoms with Crippen molar-refractivity contribution in [2.75, 3.05) is 0 Å². The molecule has 0 heterocycles. The second-order valence-electron chi connectivity index (χ2n) is 5.45. The smallest absolute Gasteiger partial charge is 0.322 e. The summed E-state index contributed by atoms with van der Waals surface area (Å²) in [6.07, 6.45) is -0.140. The molecule has 132 valence electrons. The lowest BCUT2D eigenvalue weighted by molar-refractivity contribution is -0.384. The predicted molar refractivity (Wildman–Crippen MR) is 89.7 cm³/mol.